The molecule has 1 atom stereocenters. The number of rotatable bonds is 10. The fourth-order valence-corrected chi connectivity index (χ4v) is 3.58. The van der Waals surface area contributed by atoms with Gasteiger partial charge in [-0.1, -0.05) is 39.5 Å². The summed E-state index contributed by atoms with van der Waals surface area (Å²) in [6.07, 6.45) is 8.76. The van der Waals surface area contributed by atoms with Crippen LogP contribution in [-0.4, -0.2) is 22.6 Å². The van der Waals surface area contributed by atoms with Gasteiger partial charge in [-0.05, 0) is 44.4 Å². The molecule has 0 heterocycles. The van der Waals surface area contributed by atoms with E-state index in [-0.39, 0.29) is 18.8 Å². The lowest BCUT2D eigenvalue weighted by atomic mass is 9.81. The molecule has 1 rings (SSSR count). The highest BCUT2D eigenvalue weighted by Crippen LogP contribution is 2.40. The molecular formula is C18H32O4. The lowest BCUT2D eigenvalue weighted by Crippen LogP contribution is -2.39. The van der Waals surface area contributed by atoms with Gasteiger partial charge in [-0.3, -0.25) is 9.59 Å². The molecule has 1 fully saturated rings. The minimum absolute atomic E-state index is 0.0252. The van der Waals surface area contributed by atoms with Crippen molar-refractivity contribution in [1.82, 2.24) is 0 Å². The first-order valence-corrected chi connectivity index (χ1v) is 8.84. The Hall–Kier alpha value is -1.06. The number of hydrogen-bond donors (Lipinski definition) is 1. The minimum Gasteiger partial charge on any atom is -0.481 e. The SMILES string of the molecule is CCC(CC)CCC(C)(OC(=O)CCC(=O)O)C1CCCC1. The molecule has 1 aliphatic rings. The van der Waals surface area contributed by atoms with E-state index in [2.05, 4.69) is 20.8 Å². The minimum atomic E-state index is -0.948. The maximum atomic E-state index is 12.0. The smallest absolute Gasteiger partial charge is 0.306 e. The molecule has 4 nitrogen and oxygen atoms in total. The van der Waals surface area contributed by atoms with E-state index in [0.717, 1.165) is 38.5 Å². The van der Waals surface area contributed by atoms with Gasteiger partial charge >= 0.3 is 11.9 Å². The van der Waals surface area contributed by atoms with E-state index in [4.69, 9.17) is 9.84 Å². The third kappa shape index (κ3) is 5.98. The zero-order valence-electron chi connectivity index (χ0n) is 14.4. The average Bonchev–Trinajstić information content (AvgIpc) is 3.01. The molecule has 0 spiro atoms. The maximum Gasteiger partial charge on any atom is 0.306 e. The highest BCUT2D eigenvalue weighted by molar-refractivity contribution is 5.76. The van der Waals surface area contributed by atoms with Gasteiger partial charge in [-0.25, -0.2) is 0 Å². The molecule has 0 aromatic heterocycles. The summed E-state index contributed by atoms with van der Waals surface area (Å²) >= 11 is 0. The summed E-state index contributed by atoms with van der Waals surface area (Å²) in [6.45, 7) is 6.48. The van der Waals surface area contributed by atoms with E-state index < -0.39 is 11.6 Å². The lowest BCUT2D eigenvalue weighted by Gasteiger charge is -2.36. The van der Waals surface area contributed by atoms with E-state index >= 15 is 0 Å². The molecule has 1 aliphatic carbocycles. The molecule has 22 heavy (non-hydrogen) atoms. The van der Waals surface area contributed by atoms with Gasteiger partial charge in [0.1, 0.15) is 5.60 Å². The Balaban J connectivity index is 2.64. The van der Waals surface area contributed by atoms with Crippen molar-refractivity contribution in [2.24, 2.45) is 11.8 Å². The lowest BCUT2D eigenvalue weighted by molar-refractivity contribution is -0.166. The van der Waals surface area contributed by atoms with Crippen molar-refractivity contribution in [3.63, 3.8) is 0 Å². The molecule has 0 aliphatic heterocycles. The Morgan fingerprint density at radius 2 is 1.77 bits per heavy atom. The molecule has 0 aromatic carbocycles. The van der Waals surface area contributed by atoms with Gasteiger partial charge in [0.2, 0.25) is 0 Å². The average molecular weight is 312 g/mol. The molecule has 0 radical (unpaired) electrons. The Labute approximate surface area is 134 Å². The number of ether oxygens (including phenoxy) is 1. The first-order valence-electron chi connectivity index (χ1n) is 8.84. The predicted octanol–water partition coefficient (Wildman–Crippen LogP) is 4.56. The number of esters is 1. The largest absolute Gasteiger partial charge is 0.481 e. The van der Waals surface area contributed by atoms with Crippen LogP contribution in [0.2, 0.25) is 0 Å². The number of aliphatic carboxylic acids is 1. The van der Waals surface area contributed by atoms with Crippen molar-refractivity contribution in [1.29, 1.82) is 0 Å². The van der Waals surface area contributed by atoms with Crippen LogP contribution >= 0.6 is 0 Å². The molecule has 0 saturated heterocycles. The number of carbonyl (C=O) groups is 2. The van der Waals surface area contributed by atoms with Crippen molar-refractivity contribution in [2.45, 2.75) is 90.6 Å². The van der Waals surface area contributed by atoms with E-state index in [1.54, 1.807) is 0 Å². The highest BCUT2D eigenvalue weighted by Gasteiger charge is 2.39. The Kier molecular flexibility index (Phi) is 7.91. The van der Waals surface area contributed by atoms with Crippen LogP contribution in [0.25, 0.3) is 0 Å². The van der Waals surface area contributed by atoms with E-state index in [9.17, 15) is 9.59 Å². The van der Waals surface area contributed by atoms with Crippen LogP contribution in [0.3, 0.4) is 0 Å². The van der Waals surface area contributed by atoms with Gasteiger partial charge in [-0.15, -0.1) is 0 Å². The normalized spacial score (nSPS) is 18.4. The maximum absolute atomic E-state index is 12.0. The summed E-state index contributed by atoms with van der Waals surface area (Å²) in [7, 11) is 0. The fourth-order valence-electron chi connectivity index (χ4n) is 3.58. The first kappa shape index (κ1) is 19.0. The van der Waals surface area contributed by atoms with Crippen molar-refractivity contribution in [3.05, 3.63) is 0 Å². The second-order valence-corrected chi connectivity index (χ2v) is 6.88. The van der Waals surface area contributed by atoms with Crippen molar-refractivity contribution >= 4 is 11.9 Å². The third-order valence-electron chi connectivity index (χ3n) is 5.31. The van der Waals surface area contributed by atoms with Crippen molar-refractivity contribution in [3.8, 4) is 0 Å². The van der Waals surface area contributed by atoms with Crippen LogP contribution in [0.1, 0.15) is 85.0 Å². The van der Waals surface area contributed by atoms with Gasteiger partial charge in [0, 0.05) is 0 Å². The van der Waals surface area contributed by atoms with Gasteiger partial charge < -0.3 is 9.84 Å². The highest BCUT2D eigenvalue weighted by atomic mass is 16.6. The van der Waals surface area contributed by atoms with Gasteiger partial charge in [0.15, 0.2) is 0 Å². The molecule has 4 heteroatoms. The Morgan fingerprint density at radius 3 is 2.27 bits per heavy atom. The number of carboxylic acid groups (broad SMARTS) is 1. The summed E-state index contributed by atoms with van der Waals surface area (Å²) < 4.78 is 5.81. The van der Waals surface area contributed by atoms with E-state index in [1.807, 2.05) is 0 Å². The summed E-state index contributed by atoms with van der Waals surface area (Å²) in [5.74, 6) is -0.202. The van der Waals surface area contributed by atoms with Crippen LogP contribution in [-0.2, 0) is 14.3 Å². The Morgan fingerprint density at radius 1 is 1.18 bits per heavy atom. The predicted molar refractivity (Wildman–Crippen MR) is 86.6 cm³/mol. The van der Waals surface area contributed by atoms with Gasteiger partial charge in [0.25, 0.3) is 0 Å². The van der Waals surface area contributed by atoms with Crippen molar-refractivity contribution < 1.29 is 19.4 Å². The zero-order valence-corrected chi connectivity index (χ0v) is 14.4. The Bertz CT molecular complexity index is 356. The van der Waals surface area contributed by atoms with Gasteiger partial charge in [-0.2, -0.15) is 0 Å². The molecule has 0 bridgehead atoms. The summed E-state index contributed by atoms with van der Waals surface area (Å²) in [5, 5.41) is 8.70. The number of hydrogen-bond acceptors (Lipinski definition) is 3. The summed E-state index contributed by atoms with van der Waals surface area (Å²) in [6, 6.07) is 0. The second-order valence-electron chi connectivity index (χ2n) is 6.88. The molecule has 128 valence electrons. The second kappa shape index (κ2) is 9.16. The number of carboxylic acids is 1. The van der Waals surface area contributed by atoms with E-state index in [1.165, 1.54) is 12.8 Å². The molecule has 1 N–H and O–H groups in total. The first-order chi connectivity index (χ1) is 10.4. The molecular weight excluding hydrogens is 280 g/mol. The van der Waals surface area contributed by atoms with Crippen LogP contribution in [0, 0.1) is 11.8 Å². The fraction of sp³-hybridized carbons (Fsp3) is 0.889. The van der Waals surface area contributed by atoms with E-state index in [0.29, 0.717) is 11.8 Å². The third-order valence-corrected chi connectivity index (χ3v) is 5.31. The standard InChI is InChI=1S/C18H32O4/c1-4-14(5-2)12-13-18(3,15-8-6-7-9-15)22-17(21)11-10-16(19)20/h14-15H,4-13H2,1-3H3,(H,19,20). The van der Waals surface area contributed by atoms with Crippen LogP contribution < -0.4 is 0 Å². The summed E-state index contributed by atoms with van der Waals surface area (Å²) in [5.41, 5.74) is -0.422. The topological polar surface area (TPSA) is 63.6 Å². The van der Waals surface area contributed by atoms with Crippen LogP contribution in [0.5, 0.6) is 0 Å². The summed E-state index contributed by atoms with van der Waals surface area (Å²) in [4.78, 5) is 22.6. The van der Waals surface area contributed by atoms with Gasteiger partial charge in [0.05, 0.1) is 12.8 Å². The van der Waals surface area contributed by atoms with Crippen LogP contribution in [0.15, 0.2) is 0 Å². The molecule has 1 saturated carbocycles. The van der Waals surface area contributed by atoms with Crippen molar-refractivity contribution in [2.75, 3.05) is 0 Å². The zero-order chi connectivity index (χ0) is 16.6. The quantitative estimate of drug-likeness (QED) is 0.601. The number of carbonyl (C=O) groups excluding carboxylic acids is 1. The van der Waals surface area contributed by atoms with Crippen LogP contribution in [0.4, 0.5) is 0 Å². The monoisotopic (exact) mass is 312 g/mol. The molecule has 0 aromatic rings. The molecule has 0 amide bonds. The molecule has 1 unspecified atom stereocenters.